The third-order valence-corrected chi connectivity index (χ3v) is 9.62. The van der Waals surface area contributed by atoms with E-state index in [0.717, 1.165) is 33.3 Å². The maximum Gasteiger partial charge on any atom is 0.136 e. The first-order valence-corrected chi connectivity index (χ1v) is 15.6. The molecule has 2 nitrogen and oxygen atoms in total. The number of anilines is 3. The normalized spacial score (nSPS) is 13.3. The first-order chi connectivity index (χ1) is 22.1. The molecule has 0 radical (unpaired) electrons. The van der Waals surface area contributed by atoms with Gasteiger partial charge in [0.15, 0.2) is 0 Å². The van der Waals surface area contributed by atoms with Crippen molar-refractivity contribution in [3.8, 4) is 22.3 Å². The molecule has 9 rings (SSSR count). The lowest BCUT2D eigenvalue weighted by Gasteiger charge is -2.30. The van der Waals surface area contributed by atoms with E-state index in [4.69, 9.17) is 4.42 Å². The summed E-state index contributed by atoms with van der Waals surface area (Å²) in [4.78, 5) is 2.43. The molecular weight excluding hydrogens is 546 g/mol. The lowest BCUT2D eigenvalue weighted by atomic mass is 9.80. The van der Waals surface area contributed by atoms with E-state index in [9.17, 15) is 0 Å². The fourth-order valence-electron chi connectivity index (χ4n) is 7.62. The molecule has 1 heterocycles. The van der Waals surface area contributed by atoms with Crippen LogP contribution in [-0.4, -0.2) is 0 Å². The molecule has 0 atom stereocenters. The van der Waals surface area contributed by atoms with Gasteiger partial charge in [0.1, 0.15) is 11.2 Å². The van der Waals surface area contributed by atoms with E-state index < -0.39 is 0 Å². The van der Waals surface area contributed by atoms with E-state index in [1.54, 1.807) is 0 Å². The average Bonchev–Trinajstić information content (AvgIpc) is 3.59. The Morgan fingerprint density at radius 1 is 0.533 bits per heavy atom. The Balaban J connectivity index is 1.28. The molecule has 45 heavy (non-hydrogen) atoms. The maximum absolute atomic E-state index is 6.21. The Morgan fingerprint density at radius 2 is 1.18 bits per heavy atom. The second kappa shape index (κ2) is 9.70. The molecule has 0 saturated carbocycles. The highest BCUT2D eigenvalue weighted by molar-refractivity contribution is 6.12. The van der Waals surface area contributed by atoms with Crippen LogP contribution in [0.15, 0.2) is 156 Å². The van der Waals surface area contributed by atoms with Crippen LogP contribution in [0.5, 0.6) is 0 Å². The van der Waals surface area contributed by atoms with E-state index in [2.05, 4.69) is 158 Å². The number of para-hydroxylation sites is 2. The van der Waals surface area contributed by atoms with Gasteiger partial charge in [0.05, 0.1) is 5.69 Å². The first kappa shape index (κ1) is 25.9. The first-order valence-electron chi connectivity index (χ1n) is 15.6. The van der Waals surface area contributed by atoms with E-state index in [0.29, 0.717) is 0 Å². The van der Waals surface area contributed by atoms with Gasteiger partial charge in [-0.15, -0.1) is 0 Å². The summed E-state index contributed by atoms with van der Waals surface area (Å²) >= 11 is 0. The third-order valence-electron chi connectivity index (χ3n) is 9.62. The Bertz CT molecular complexity index is 2400. The van der Waals surface area contributed by atoms with Gasteiger partial charge in [-0.2, -0.15) is 0 Å². The monoisotopic (exact) mass is 577 g/mol. The van der Waals surface area contributed by atoms with Gasteiger partial charge in [0, 0.05) is 33.1 Å². The minimum atomic E-state index is -0.125. The van der Waals surface area contributed by atoms with Crippen LogP contribution in [0.3, 0.4) is 0 Å². The molecule has 0 aliphatic heterocycles. The van der Waals surface area contributed by atoms with E-state index in [1.807, 2.05) is 12.1 Å². The molecule has 0 unspecified atom stereocenters. The summed E-state index contributed by atoms with van der Waals surface area (Å²) in [6.07, 6.45) is 0. The van der Waals surface area contributed by atoms with Crippen LogP contribution in [0.1, 0.15) is 25.0 Å². The number of nitrogens with zero attached hydrogens (tertiary/aromatic N) is 1. The molecule has 2 heteroatoms. The van der Waals surface area contributed by atoms with Gasteiger partial charge in [-0.1, -0.05) is 123 Å². The van der Waals surface area contributed by atoms with Crippen molar-refractivity contribution in [2.75, 3.05) is 4.90 Å². The molecule has 1 aliphatic rings. The summed E-state index contributed by atoms with van der Waals surface area (Å²) in [5.74, 6) is 0. The van der Waals surface area contributed by atoms with Crippen LogP contribution in [0.25, 0.3) is 55.0 Å². The van der Waals surface area contributed by atoms with E-state index in [1.165, 1.54) is 49.8 Å². The molecule has 0 bridgehead atoms. The summed E-state index contributed by atoms with van der Waals surface area (Å²) in [6, 6.07) is 54.6. The van der Waals surface area contributed by atoms with Crippen LogP contribution in [0, 0.1) is 0 Å². The van der Waals surface area contributed by atoms with Gasteiger partial charge in [-0.05, 0) is 81.1 Å². The highest BCUT2D eigenvalue weighted by Crippen LogP contribution is 2.56. The van der Waals surface area contributed by atoms with Crippen molar-refractivity contribution in [2.45, 2.75) is 19.3 Å². The number of hydrogen-bond donors (Lipinski definition) is 0. The van der Waals surface area contributed by atoms with E-state index in [-0.39, 0.29) is 5.41 Å². The Labute approximate surface area is 262 Å². The molecule has 0 spiro atoms. The predicted octanol–water partition coefficient (Wildman–Crippen LogP) is 12.2. The number of rotatable bonds is 4. The minimum absolute atomic E-state index is 0.125. The fraction of sp³-hybridized carbons (Fsp3) is 0.0698. The van der Waals surface area contributed by atoms with Crippen molar-refractivity contribution in [2.24, 2.45) is 0 Å². The zero-order valence-electron chi connectivity index (χ0n) is 25.3. The fourth-order valence-corrected chi connectivity index (χ4v) is 7.62. The lowest BCUT2D eigenvalue weighted by molar-refractivity contribution is 0.666. The summed E-state index contributed by atoms with van der Waals surface area (Å²) < 4.78 is 6.21. The SMILES string of the molecule is CC1(C)c2ccccc2-c2c(N(c3ccccc3)c3ccc(-c4cccc5oc6ccccc6c45)cc3)cc3ccccc3c21. The zero-order valence-corrected chi connectivity index (χ0v) is 25.3. The number of hydrogen-bond acceptors (Lipinski definition) is 2. The second-order valence-corrected chi connectivity index (χ2v) is 12.5. The molecule has 0 amide bonds. The molecule has 7 aromatic carbocycles. The average molecular weight is 578 g/mol. The highest BCUT2D eigenvalue weighted by atomic mass is 16.3. The number of benzene rings is 7. The summed E-state index contributed by atoms with van der Waals surface area (Å²) in [7, 11) is 0. The number of fused-ring (bicyclic) bond motifs is 8. The van der Waals surface area contributed by atoms with Crippen LogP contribution in [-0.2, 0) is 5.41 Å². The molecular formula is C43H31NO. The van der Waals surface area contributed by atoms with Crippen molar-refractivity contribution in [3.05, 3.63) is 163 Å². The van der Waals surface area contributed by atoms with Gasteiger partial charge >= 0.3 is 0 Å². The van der Waals surface area contributed by atoms with Crippen LogP contribution < -0.4 is 4.90 Å². The molecule has 0 saturated heterocycles. The summed E-state index contributed by atoms with van der Waals surface area (Å²) in [5.41, 5.74) is 12.9. The highest BCUT2D eigenvalue weighted by Gasteiger charge is 2.39. The standard InChI is InChI=1S/C43H31NO/c1-43(2)36-20-10-8-17-34(36)41-37(27-29-13-6-7-16-33(29)42(41)43)44(30-14-4-3-5-15-30)31-25-23-28(24-26-31)32-19-12-22-39-40(32)35-18-9-11-21-38(35)45-39/h3-27H,1-2H3. The third kappa shape index (κ3) is 3.82. The van der Waals surface area contributed by atoms with Crippen molar-refractivity contribution in [1.82, 2.24) is 0 Å². The van der Waals surface area contributed by atoms with Gasteiger partial charge < -0.3 is 9.32 Å². The van der Waals surface area contributed by atoms with Gasteiger partial charge in [-0.25, -0.2) is 0 Å². The maximum atomic E-state index is 6.21. The quantitative estimate of drug-likeness (QED) is 0.207. The molecule has 0 fully saturated rings. The lowest BCUT2D eigenvalue weighted by Crippen LogP contribution is -2.16. The minimum Gasteiger partial charge on any atom is -0.456 e. The summed E-state index contributed by atoms with van der Waals surface area (Å²) in [5, 5.41) is 4.88. The molecule has 1 aliphatic carbocycles. The zero-order chi connectivity index (χ0) is 30.1. The molecule has 8 aromatic rings. The Kier molecular flexibility index (Phi) is 5.58. The summed E-state index contributed by atoms with van der Waals surface area (Å²) in [6.45, 7) is 4.74. The van der Waals surface area contributed by atoms with Gasteiger partial charge in [0.25, 0.3) is 0 Å². The van der Waals surface area contributed by atoms with Crippen molar-refractivity contribution < 1.29 is 4.42 Å². The second-order valence-electron chi connectivity index (χ2n) is 12.5. The van der Waals surface area contributed by atoms with Crippen LogP contribution >= 0.6 is 0 Å². The van der Waals surface area contributed by atoms with Gasteiger partial charge in [-0.3, -0.25) is 0 Å². The number of furan rings is 1. The van der Waals surface area contributed by atoms with E-state index >= 15 is 0 Å². The largest absolute Gasteiger partial charge is 0.456 e. The van der Waals surface area contributed by atoms with Crippen molar-refractivity contribution >= 4 is 49.8 Å². The van der Waals surface area contributed by atoms with Crippen LogP contribution in [0.2, 0.25) is 0 Å². The van der Waals surface area contributed by atoms with Crippen LogP contribution in [0.4, 0.5) is 17.1 Å². The smallest absolute Gasteiger partial charge is 0.136 e. The Morgan fingerprint density at radius 3 is 2.02 bits per heavy atom. The molecule has 1 aromatic heterocycles. The Hall–Kier alpha value is -5.60. The topological polar surface area (TPSA) is 16.4 Å². The molecule has 0 N–H and O–H groups in total. The predicted molar refractivity (Wildman–Crippen MR) is 189 cm³/mol. The van der Waals surface area contributed by atoms with Gasteiger partial charge in [0.2, 0.25) is 0 Å². The van der Waals surface area contributed by atoms with Crippen molar-refractivity contribution in [1.29, 1.82) is 0 Å². The van der Waals surface area contributed by atoms with Crippen molar-refractivity contribution in [3.63, 3.8) is 0 Å². The molecule has 214 valence electrons.